The van der Waals surface area contributed by atoms with Gasteiger partial charge in [0.05, 0.1) is 11.4 Å². The molecule has 0 aromatic heterocycles. The normalized spacial score (nSPS) is 18.6. The van der Waals surface area contributed by atoms with Gasteiger partial charge in [0, 0.05) is 30.6 Å². The van der Waals surface area contributed by atoms with Crippen molar-refractivity contribution in [1.82, 2.24) is 4.90 Å². The van der Waals surface area contributed by atoms with Gasteiger partial charge in [0.15, 0.2) is 0 Å². The molecule has 0 radical (unpaired) electrons. The fourth-order valence-corrected chi connectivity index (χ4v) is 3.52. The summed E-state index contributed by atoms with van der Waals surface area (Å²) in [6.45, 7) is -5.03. The molecule has 1 heterocycles. The number of anilines is 2. The van der Waals surface area contributed by atoms with Crippen LogP contribution in [-0.2, 0) is 0 Å². The maximum Gasteiger partial charge on any atom is 0.117 e. The first-order valence-corrected chi connectivity index (χ1v) is 7.54. The van der Waals surface area contributed by atoms with E-state index in [0.717, 1.165) is 21.2 Å². The highest BCUT2D eigenvalue weighted by molar-refractivity contribution is 7.99. The molecule has 0 spiro atoms. The lowest BCUT2D eigenvalue weighted by atomic mass is 10.2. The van der Waals surface area contributed by atoms with E-state index in [1.807, 2.05) is 35.2 Å². The van der Waals surface area contributed by atoms with Crippen molar-refractivity contribution in [3.8, 4) is 5.75 Å². The molecule has 110 valence electrons. The summed E-state index contributed by atoms with van der Waals surface area (Å²) in [5.41, 5.74) is 1.78. The molecule has 0 unspecified atom stereocenters. The van der Waals surface area contributed by atoms with E-state index in [2.05, 4.69) is 0 Å². The van der Waals surface area contributed by atoms with Gasteiger partial charge < -0.3 is 14.9 Å². The minimum Gasteiger partial charge on any atom is -0.508 e. The van der Waals surface area contributed by atoms with Gasteiger partial charge >= 0.3 is 0 Å². The van der Waals surface area contributed by atoms with Crippen LogP contribution in [0.5, 0.6) is 5.75 Å². The third-order valence-electron chi connectivity index (χ3n) is 3.37. The molecule has 0 saturated heterocycles. The Bertz CT molecular complexity index is 810. The maximum atomic E-state index is 9.89. The number of rotatable bonds is 4. The van der Waals surface area contributed by atoms with E-state index in [1.54, 1.807) is 23.9 Å². The van der Waals surface area contributed by atoms with Gasteiger partial charge in [-0.2, -0.15) is 0 Å². The molecule has 2 aromatic carbocycles. The van der Waals surface area contributed by atoms with Crippen molar-refractivity contribution in [2.45, 2.75) is 16.2 Å². The highest BCUT2D eigenvalue weighted by Crippen LogP contribution is 2.48. The van der Waals surface area contributed by atoms with Crippen LogP contribution in [0.25, 0.3) is 0 Å². The molecule has 1 aliphatic heterocycles. The zero-order chi connectivity index (χ0) is 19.8. The predicted molar refractivity (Wildman–Crippen MR) is 88.8 cm³/mol. The number of fused-ring (bicyclic) bond motifs is 2. The molecule has 1 aliphatic rings. The Kier molecular flexibility index (Phi) is 2.49. The van der Waals surface area contributed by atoms with Crippen LogP contribution in [0.3, 0.4) is 0 Å². The van der Waals surface area contributed by atoms with E-state index in [1.165, 1.54) is 0 Å². The standard InChI is InChI=1S/C17H20N2OS/c1-18(2)10-5-11-19-14-6-3-4-7-16(14)21-17-9-8-13(20)12-15(17)19/h3-4,6-9,12,20H,5,10-11H2,1-2H3/i1D3,2D3. The molecule has 0 saturated carbocycles. The molecule has 2 aromatic rings. The van der Waals surface area contributed by atoms with Crippen LogP contribution < -0.4 is 4.90 Å². The van der Waals surface area contributed by atoms with Crippen molar-refractivity contribution >= 4 is 23.1 Å². The summed E-state index contributed by atoms with van der Waals surface area (Å²) in [5, 5.41) is 9.89. The number of benzene rings is 2. The van der Waals surface area contributed by atoms with Gasteiger partial charge in [-0.1, -0.05) is 23.9 Å². The first-order valence-electron chi connectivity index (χ1n) is 9.72. The van der Waals surface area contributed by atoms with E-state index in [-0.39, 0.29) is 12.3 Å². The van der Waals surface area contributed by atoms with E-state index in [4.69, 9.17) is 8.22 Å². The zero-order valence-electron chi connectivity index (χ0n) is 17.4. The van der Waals surface area contributed by atoms with Crippen molar-refractivity contribution in [3.05, 3.63) is 42.5 Å². The lowest BCUT2D eigenvalue weighted by Crippen LogP contribution is -2.25. The van der Waals surface area contributed by atoms with Crippen molar-refractivity contribution < 1.29 is 13.3 Å². The summed E-state index contributed by atoms with van der Waals surface area (Å²) in [4.78, 5) is 4.61. The number of aromatic hydroxyl groups is 1. The predicted octanol–water partition coefficient (Wildman–Crippen LogP) is 3.95. The first kappa shape index (κ1) is 8.71. The second-order valence-corrected chi connectivity index (χ2v) is 5.96. The van der Waals surface area contributed by atoms with E-state index >= 15 is 0 Å². The van der Waals surface area contributed by atoms with Gasteiger partial charge in [-0.3, -0.25) is 0 Å². The second kappa shape index (κ2) is 6.00. The minimum absolute atomic E-state index is 0.0903. The summed E-state index contributed by atoms with van der Waals surface area (Å²) in [6.07, 6.45) is 0.338. The minimum atomic E-state index is -2.68. The number of para-hydroxylation sites is 1. The topological polar surface area (TPSA) is 26.7 Å². The molecule has 3 nitrogen and oxygen atoms in total. The Morgan fingerprint density at radius 3 is 2.81 bits per heavy atom. The average molecular weight is 306 g/mol. The summed E-state index contributed by atoms with van der Waals surface area (Å²) >= 11 is 1.60. The lowest BCUT2D eigenvalue weighted by molar-refractivity contribution is 0.402. The average Bonchev–Trinajstić information content (AvgIpc) is 2.55. The monoisotopic (exact) mass is 306 g/mol. The summed E-state index contributed by atoms with van der Waals surface area (Å²) < 4.78 is 44.9. The van der Waals surface area contributed by atoms with Crippen LogP contribution in [0.2, 0.25) is 0 Å². The van der Waals surface area contributed by atoms with Crippen LogP contribution >= 0.6 is 11.8 Å². The molecular weight excluding hydrogens is 280 g/mol. The smallest absolute Gasteiger partial charge is 0.117 e. The summed E-state index contributed by atoms with van der Waals surface area (Å²) in [7, 11) is 0. The van der Waals surface area contributed by atoms with Gasteiger partial charge in [-0.25, -0.2) is 0 Å². The zero-order valence-corrected chi connectivity index (χ0v) is 12.2. The fraction of sp³-hybridized carbons (Fsp3) is 0.294. The van der Waals surface area contributed by atoms with Gasteiger partial charge in [0.2, 0.25) is 0 Å². The molecular formula is C17H20N2OS. The third kappa shape index (κ3) is 3.01. The van der Waals surface area contributed by atoms with Crippen molar-refractivity contribution in [2.24, 2.45) is 0 Å². The Morgan fingerprint density at radius 2 is 1.95 bits per heavy atom. The largest absolute Gasteiger partial charge is 0.508 e. The van der Waals surface area contributed by atoms with Crippen LogP contribution in [0.4, 0.5) is 11.4 Å². The van der Waals surface area contributed by atoms with Crippen molar-refractivity contribution in [3.63, 3.8) is 0 Å². The Morgan fingerprint density at radius 1 is 1.14 bits per heavy atom. The molecule has 21 heavy (non-hydrogen) atoms. The van der Waals surface area contributed by atoms with Gasteiger partial charge in [-0.05, 0) is 51.2 Å². The van der Waals surface area contributed by atoms with Crippen LogP contribution in [0, 0.1) is 0 Å². The molecule has 3 rings (SSSR count). The lowest BCUT2D eigenvalue weighted by Gasteiger charge is -2.33. The SMILES string of the molecule is [2H]C([2H])([2H])N(CCCN1c2ccccc2Sc2ccc(O)cc21)C([2H])([2H])[2H]. The van der Waals surface area contributed by atoms with Crippen molar-refractivity contribution in [2.75, 3.05) is 31.9 Å². The van der Waals surface area contributed by atoms with E-state index < -0.39 is 14.0 Å². The number of hydrogen-bond acceptors (Lipinski definition) is 4. The van der Waals surface area contributed by atoms with Crippen LogP contribution in [-0.4, -0.2) is 37.0 Å². The number of phenols is 1. The van der Waals surface area contributed by atoms with Gasteiger partial charge in [0.25, 0.3) is 0 Å². The first-order chi connectivity index (χ1) is 12.6. The summed E-state index contributed by atoms with van der Waals surface area (Å²) in [5.74, 6) is 0.144. The third-order valence-corrected chi connectivity index (χ3v) is 4.50. The second-order valence-electron chi connectivity index (χ2n) is 4.88. The highest BCUT2D eigenvalue weighted by Gasteiger charge is 2.23. The molecule has 0 aliphatic carbocycles. The highest BCUT2D eigenvalue weighted by atomic mass is 32.2. The molecule has 0 atom stereocenters. The number of hydrogen-bond donors (Lipinski definition) is 1. The van der Waals surface area contributed by atoms with Gasteiger partial charge in [0.1, 0.15) is 5.75 Å². The van der Waals surface area contributed by atoms with Crippen LogP contribution in [0.15, 0.2) is 52.3 Å². The Hall–Kier alpha value is -1.65. The van der Waals surface area contributed by atoms with E-state index in [9.17, 15) is 5.11 Å². The Balaban J connectivity index is 1.84. The van der Waals surface area contributed by atoms with Crippen molar-refractivity contribution in [1.29, 1.82) is 0 Å². The molecule has 0 amide bonds. The molecule has 0 fully saturated rings. The van der Waals surface area contributed by atoms with Crippen LogP contribution in [0.1, 0.15) is 14.6 Å². The fourth-order valence-electron chi connectivity index (χ4n) is 2.45. The molecule has 1 N–H and O–H groups in total. The maximum absolute atomic E-state index is 9.89. The molecule has 4 heteroatoms. The quantitative estimate of drug-likeness (QED) is 0.925. The molecule has 0 bridgehead atoms. The number of phenolic OH excluding ortho intramolecular Hbond substituents is 1. The summed E-state index contributed by atoms with van der Waals surface area (Å²) in [6, 6.07) is 13.0. The van der Waals surface area contributed by atoms with E-state index in [0.29, 0.717) is 17.9 Å². The Labute approximate surface area is 138 Å². The van der Waals surface area contributed by atoms with Gasteiger partial charge in [-0.15, -0.1) is 0 Å². The number of nitrogens with zero attached hydrogens (tertiary/aromatic N) is 2.